The lowest BCUT2D eigenvalue weighted by atomic mass is 10.3. The van der Waals surface area contributed by atoms with Crippen LogP contribution in [0.25, 0.3) is 0 Å². The van der Waals surface area contributed by atoms with E-state index in [0.717, 1.165) is 16.3 Å². The number of ether oxygens (including phenoxy) is 2. The standard InChI is InChI=1S/C13H11F3N4O3S/c1-20-11(13(14,15)16)18-19-12(20)24-5-10(21)17-7-2-3-8-9(4-7)23-6-22-8/h2-4H,5-6H2,1H3,(H,17,21). The van der Waals surface area contributed by atoms with Crippen LogP contribution in [0.4, 0.5) is 18.9 Å². The number of thioether (sulfide) groups is 1. The van der Waals surface area contributed by atoms with E-state index in [-0.39, 0.29) is 17.7 Å². The molecule has 0 radical (unpaired) electrons. The maximum Gasteiger partial charge on any atom is 0.451 e. The van der Waals surface area contributed by atoms with Crippen molar-refractivity contribution in [3.63, 3.8) is 0 Å². The van der Waals surface area contributed by atoms with Crippen LogP contribution in [0.5, 0.6) is 11.5 Å². The van der Waals surface area contributed by atoms with E-state index in [1.807, 2.05) is 0 Å². The van der Waals surface area contributed by atoms with Crippen molar-refractivity contribution in [2.75, 3.05) is 17.9 Å². The number of rotatable bonds is 4. The number of nitrogens with one attached hydrogen (secondary N) is 1. The average molecular weight is 360 g/mol. The molecule has 2 aromatic rings. The van der Waals surface area contributed by atoms with E-state index in [9.17, 15) is 18.0 Å². The van der Waals surface area contributed by atoms with Crippen LogP contribution in [0.15, 0.2) is 23.4 Å². The summed E-state index contributed by atoms with van der Waals surface area (Å²) in [6, 6.07) is 4.90. The van der Waals surface area contributed by atoms with Crippen molar-refractivity contribution in [2.24, 2.45) is 7.05 Å². The Morgan fingerprint density at radius 1 is 1.33 bits per heavy atom. The Hall–Kier alpha value is -2.43. The Morgan fingerprint density at radius 3 is 2.79 bits per heavy atom. The summed E-state index contributed by atoms with van der Waals surface area (Å²) in [6.07, 6.45) is -4.59. The Kier molecular flexibility index (Phi) is 4.26. The fourth-order valence-corrected chi connectivity index (χ4v) is 2.70. The smallest absolute Gasteiger partial charge is 0.451 e. The van der Waals surface area contributed by atoms with Gasteiger partial charge in [0.1, 0.15) is 0 Å². The highest BCUT2D eigenvalue weighted by Gasteiger charge is 2.37. The Bertz CT molecular complexity index is 778. The molecule has 0 spiro atoms. The van der Waals surface area contributed by atoms with Crippen LogP contribution in [0, 0.1) is 0 Å². The summed E-state index contributed by atoms with van der Waals surface area (Å²) in [6.45, 7) is 0.121. The normalized spacial score (nSPS) is 13.2. The fraction of sp³-hybridized carbons (Fsp3) is 0.308. The molecule has 1 amide bonds. The summed E-state index contributed by atoms with van der Waals surface area (Å²) in [5.74, 6) is -0.514. The minimum Gasteiger partial charge on any atom is -0.454 e. The minimum atomic E-state index is -4.59. The molecule has 128 valence electrons. The Labute approximate surface area is 138 Å². The predicted molar refractivity (Wildman–Crippen MR) is 77.9 cm³/mol. The van der Waals surface area contributed by atoms with Crippen molar-refractivity contribution in [2.45, 2.75) is 11.3 Å². The van der Waals surface area contributed by atoms with Crippen molar-refractivity contribution in [1.82, 2.24) is 14.8 Å². The molecule has 0 atom stereocenters. The molecule has 1 aliphatic heterocycles. The molecule has 1 N–H and O–H groups in total. The molecule has 0 aliphatic carbocycles. The molecular weight excluding hydrogens is 349 g/mol. The number of alkyl halides is 3. The van der Waals surface area contributed by atoms with Gasteiger partial charge in [0.2, 0.25) is 18.5 Å². The topological polar surface area (TPSA) is 78.3 Å². The van der Waals surface area contributed by atoms with Gasteiger partial charge in [-0.25, -0.2) is 0 Å². The number of nitrogens with zero attached hydrogens (tertiary/aromatic N) is 3. The van der Waals surface area contributed by atoms with Crippen LogP contribution in [0.3, 0.4) is 0 Å². The van der Waals surface area contributed by atoms with Crippen LogP contribution >= 0.6 is 11.8 Å². The van der Waals surface area contributed by atoms with Crippen LogP contribution in [-0.2, 0) is 18.0 Å². The lowest BCUT2D eigenvalue weighted by molar-refractivity contribution is -0.147. The van der Waals surface area contributed by atoms with E-state index in [4.69, 9.17) is 9.47 Å². The molecule has 0 saturated carbocycles. The molecule has 0 fully saturated rings. The van der Waals surface area contributed by atoms with Gasteiger partial charge >= 0.3 is 6.18 Å². The monoisotopic (exact) mass is 360 g/mol. The summed E-state index contributed by atoms with van der Waals surface area (Å²) >= 11 is 0.858. The highest BCUT2D eigenvalue weighted by molar-refractivity contribution is 7.99. The molecule has 11 heteroatoms. The molecule has 1 aromatic heterocycles. The van der Waals surface area contributed by atoms with Gasteiger partial charge in [0.25, 0.3) is 0 Å². The van der Waals surface area contributed by atoms with Gasteiger partial charge in [-0.3, -0.25) is 4.79 Å². The predicted octanol–water partition coefficient (Wildman–Crippen LogP) is 2.29. The summed E-state index contributed by atoms with van der Waals surface area (Å²) in [4.78, 5) is 11.9. The van der Waals surface area contributed by atoms with Gasteiger partial charge < -0.3 is 19.4 Å². The van der Waals surface area contributed by atoms with Gasteiger partial charge in [0, 0.05) is 18.8 Å². The van der Waals surface area contributed by atoms with Gasteiger partial charge in [-0.05, 0) is 12.1 Å². The summed E-state index contributed by atoms with van der Waals surface area (Å²) in [7, 11) is 1.20. The number of benzene rings is 1. The first-order valence-corrected chi connectivity index (χ1v) is 7.62. The first-order valence-electron chi connectivity index (χ1n) is 6.63. The highest BCUT2D eigenvalue weighted by Crippen LogP contribution is 2.34. The van der Waals surface area contributed by atoms with E-state index in [0.29, 0.717) is 17.2 Å². The van der Waals surface area contributed by atoms with Crippen LogP contribution < -0.4 is 14.8 Å². The lowest BCUT2D eigenvalue weighted by Crippen LogP contribution is -2.15. The number of carbonyl (C=O) groups excluding carboxylic acids is 1. The van der Waals surface area contributed by atoms with Crippen LogP contribution in [-0.4, -0.2) is 33.2 Å². The third-order valence-electron chi connectivity index (χ3n) is 3.08. The number of hydrogen-bond acceptors (Lipinski definition) is 6. The second-order valence-electron chi connectivity index (χ2n) is 4.77. The van der Waals surface area contributed by atoms with E-state index in [1.165, 1.54) is 7.05 Å². The molecule has 2 heterocycles. The fourth-order valence-electron chi connectivity index (χ4n) is 1.99. The maximum atomic E-state index is 12.6. The van der Waals surface area contributed by atoms with E-state index >= 15 is 0 Å². The third-order valence-corrected chi connectivity index (χ3v) is 4.10. The minimum absolute atomic E-state index is 0.00293. The van der Waals surface area contributed by atoms with E-state index in [2.05, 4.69) is 15.5 Å². The van der Waals surface area contributed by atoms with Gasteiger partial charge in [-0.15, -0.1) is 10.2 Å². The summed E-state index contributed by atoms with van der Waals surface area (Å²) < 4.78 is 49.0. The zero-order chi connectivity index (χ0) is 17.3. The molecule has 1 aromatic carbocycles. The molecule has 24 heavy (non-hydrogen) atoms. The average Bonchev–Trinajstić information content (AvgIpc) is 3.10. The van der Waals surface area contributed by atoms with Crippen molar-refractivity contribution in [1.29, 1.82) is 0 Å². The molecule has 3 rings (SSSR count). The van der Waals surface area contributed by atoms with Gasteiger partial charge in [-0.2, -0.15) is 13.2 Å². The zero-order valence-corrected chi connectivity index (χ0v) is 13.1. The van der Waals surface area contributed by atoms with Gasteiger partial charge in [0.05, 0.1) is 5.75 Å². The first-order chi connectivity index (χ1) is 11.3. The van der Waals surface area contributed by atoms with Crippen LogP contribution in [0.2, 0.25) is 0 Å². The molecule has 0 saturated heterocycles. The molecule has 7 nitrogen and oxygen atoms in total. The quantitative estimate of drug-likeness (QED) is 0.843. The van der Waals surface area contributed by atoms with E-state index < -0.39 is 17.9 Å². The lowest BCUT2D eigenvalue weighted by Gasteiger charge is -2.07. The SMILES string of the molecule is Cn1c(SCC(=O)Nc2ccc3c(c2)OCO3)nnc1C(F)(F)F. The first kappa shape index (κ1) is 16.4. The van der Waals surface area contributed by atoms with Crippen LogP contribution in [0.1, 0.15) is 5.82 Å². The number of anilines is 1. The Balaban J connectivity index is 1.59. The number of amides is 1. The summed E-state index contributed by atoms with van der Waals surface area (Å²) in [5.41, 5.74) is 0.499. The number of carbonyl (C=O) groups is 1. The zero-order valence-electron chi connectivity index (χ0n) is 12.3. The second-order valence-corrected chi connectivity index (χ2v) is 5.71. The molecule has 0 bridgehead atoms. The maximum absolute atomic E-state index is 12.6. The summed E-state index contributed by atoms with van der Waals surface area (Å²) in [5, 5.41) is 9.17. The van der Waals surface area contributed by atoms with Crippen molar-refractivity contribution in [3.05, 3.63) is 24.0 Å². The number of aromatic nitrogens is 3. The second kappa shape index (κ2) is 6.23. The van der Waals surface area contributed by atoms with Crippen molar-refractivity contribution < 1.29 is 27.4 Å². The molecule has 0 unspecified atom stereocenters. The number of fused-ring (bicyclic) bond motifs is 1. The van der Waals surface area contributed by atoms with Crippen molar-refractivity contribution >= 4 is 23.4 Å². The Morgan fingerprint density at radius 2 is 2.08 bits per heavy atom. The van der Waals surface area contributed by atoms with Gasteiger partial charge in [0.15, 0.2) is 16.7 Å². The van der Waals surface area contributed by atoms with Gasteiger partial charge in [-0.1, -0.05) is 11.8 Å². The van der Waals surface area contributed by atoms with E-state index in [1.54, 1.807) is 18.2 Å². The number of hydrogen-bond donors (Lipinski definition) is 1. The number of halogens is 3. The highest BCUT2D eigenvalue weighted by atomic mass is 32.2. The molecule has 1 aliphatic rings. The largest absolute Gasteiger partial charge is 0.454 e. The third kappa shape index (κ3) is 3.40. The molecular formula is C13H11F3N4O3S. The van der Waals surface area contributed by atoms with Crippen molar-refractivity contribution in [3.8, 4) is 11.5 Å².